The molecule has 2 N–H and O–H groups in total. The van der Waals surface area contributed by atoms with Crippen LogP contribution in [-0.2, 0) is 0 Å². The minimum absolute atomic E-state index is 0.203. The van der Waals surface area contributed by atoms with Crippen molar-refractivity contribution in [1.82, 2.24) is 9.97 Å². The van der Waals surface area contributed by atoms with Crippen LogP contribution in [0.15, 0.2) is 24.3 Å². The summed E-state index contributed by atoms with van der Waals surface area (Å²) in [6, 6.07) is 6.51. The van der Waals surface area contributed by atoms with Gasteiger partial charge in [-0.3, -0.25) is 4.79 Å². The number of aryl methyl sites for hydroxylation is 1. The van der Waals surface area contributed by atoms with Gasteiger partial charge in [-0.15, -0.1) is 0 Å². The van der Waals surface area contributed by atoms with Crippen molar-refractivity contribution in [2.24, 2.45) is 0 Å². The topological polar surface area (TPSA) is 66.9 Å². The molecule has 0 bridgehead atoms. The first-order valence-corrected chi connectivity index (χ1v) is 7.80. The Labute approximate surface area is 145 Å². The van der Waals surface area contributed by atoms with Crippen molar-refractivity contribution in [3.63, 3.8) is 0 Å². The molecular weight excluding hydrogens is 335 g/mol. The Morgan fingerprint density at radius 3 is 2.39 bits per heavy atom. The second-order valence-electron chi connectivity index (χ2n) is 6.18. The van der Waals surface area contributed by atoms with Crippen molar-refractivity contribution in [2.75, 3.05) is 10.6 Å². The predicted molar refractivity (Wildman–Crippen MR) is 94.6 cm³/mol. The lowest BCUT2D eigenvalue weighted by Crippen LogP contribution is -2.28. The lowest BCUT2D eigenvalue weighted by Gasteiger charge is -2.20. The first-order valence-electron chi connectivity index (χ1n) is 7.04. The maximum absolute atomic E-state index is 12.4. The van der Waals surface area contributed by atoms with E-state index in [1.165, 1.54) is 0 Å². The molecule has 23 heavy (non-hydrogen) atoms. The number of aromatic nitrogens is 2. The van der Waals surface area contributed by atoms with Gasteiger partial charge in [0.2, 0.25) is 5.95 Å². The van der Waals surface area contributed by atoms with E-state index in [0.717, 1.165) is 0 Å². The minimum Gasteiger partial charge on any atom is -0.350 e. The number of carbonyl (C=O) groups excluding carboxylic acids is 1. The number of nitrogens with zero attached hydrogens (tertiary/aromatic N) is 2. The zero-order valence-corrected chi connectivity index (χ0v) is 14.9. The molecule has 2 aromatic rings. The summed E-state index contributed by atoms with van der Waals surface area (Å²) in [5.41, 5.74) is 1.32. The van der Waals surface area contributed by atoms with Crippen LogP contribution in [0.2, 0.25) is 10.0 Å². The summed E-state index contributed by atoms with van der Waals surface area (Å²) < 4.78 is 0. The Balaban J connectivity index is 2.23. The van der Waals surface area contributed by atoms with E-state index < -0.39 is 0 Å². The van der Waals surface area contributed by atoms with Gasteiger partial charge < -0.3 is 10.6 Å². The highest BCUT2D eigenvalue weighted by atomic mass is 35.5. The second kappa shape index (κ2) is 6.72. The number of nitrogens with one attached hydrogen (secondary N) is 2. The van der Waals surface area contributed by atoms with Crippen LogP contribution in [0.5, 0.6) is 0 Å². The summed E-state index contributed by atoms with van der Waals surface area (Å²) in [6.07, 6.45) is 0. The van der Waals surface area contributed by atoms with Crippen LogP contribution in [0.3, 0.4) is 0 Å². The van der Waals surface area contributed by atoms with Gasteiger partial charge in [0.1, 0.15) is 5.69 Å². The highest BCUT2D eigenvalue weighted by Crippen LogP contribution is 2.25. The number of rotatable bonds is 3. The Morgan fingerprint density at radius 2 is 1.78 bits per heavy atom. The Hall–Kier alpha value is -1.85. The predicted octanol–water partition coefficient (Wildman–Crippen LogP) is 4.55. The van der Waals surface area contributed by atoms with Crippen molar-refractivity contribution in [2.45, 2.75) is 33.2 Å². The molecular formula is C16H18Cl2N4O. The smallest absolute Gasteiger partial charge is 0.274 e. The Kier molecular flexibility index (Phi) is 5.12. The molecule has 0 unspecified atom stereocenters. The summed E-state index contributed by atoms with van der Waals surface area (Å²) in [5.74, 6) is 0.0719. The molecule has 0 fully saturated rings. The molecule has 1 aromatic heterocycles. The third kappa shape index (κ3) is 5.08. The Bertz CT molecular complexity index is 741. The molecule has 122 valence electrons. The summed E-state index contributed by atoms with van der Waals surface area (Å²) in [5, 5.41) is 6.70. The van der Waals surface area contributed by atoms with E-state index in [1.807, 2.05) is 27.7 Å². The molecule has 0 saturated heterocycles. The van der Waals surface area contributed by atoms with Gasteiger partial charge in [0.15, 0.2) is 0 Å². The van der Waals surface area contributed by atoms with Crippen molar-refractivity contribution in [3.05, 3.63) is 45.7 Å². The van der Waals surface area contributed by atoms with E-state index in [0.29, 0.717) is 27.4 Å². The van der Waals surface area contributed by atoms with Crippen molar-refractivity contribution in [1.29, 1.82) is 0 Å². The van der Waals surface area contributed by atoms with Crippen LogP contribution in [0.1, 0.15) is 37.0 Å². The van der Waals surface area contributed by atoms with Crippen LogP contribution in [0.4, 0.5) is 11.6 Å². The molecule has 0 aliphatic heterocycles. The normalized spacial score (nSPS) is 11.2. The molecule has 0 aliphatic carbocycles. The van der Waals surface area contributed by atoms with Crippen LogP contribution in [0, 0.1) is 6.92 Å². The van der Waals surface area contributed by atoms with Gasteiger partial charge in [-0.05, 0) is 52.0 Å². The summed E-state index contributed by atoms with van der Waals surface area (Å²) in [4.78, 5) is 20.9. The SMILES string of the molecule is Cc1cc(C(=O)Nc2ccc(Cl)c(Cl)c2)nc(NC(C)(C)C)n1. The van der Waals surface area contributed by atoms with E-state index in [9.17, 15) is 4.79 Å². The van der Waals surface area contributed by atoms with Crippen LogP contribution in [-0.4, -0.2) is 21.4 Å². The monoisotopic (exact) mass is 352 g/mol. The molecule has 0 aliphatic rings. The molecule has 0 radical (unpaired) electrons. The molecule has 0 saturated carbocycles. The van der Waals surface area contributed by atoms with Gasteiger partial charge in [-0.25, -0.2) is 9.97 Å². The summed E-state index contributed by atoms with van der Waals surface area (Å²) in [6.45, 7) is 7.79. The number of benzene rings is 1. The summed E-state index contributed by atoms with van der Waals surface area (Å²) in [7, 11) is 0. The largest absolute Gasteiger partial charge is 0.350 e. The van der Waals surface area contributed by atoms with Crippen LogP contribution in [0.25, 0.3) is 0 Å². The number of halogens is 2. The van der Waals surface area contributed by atoms with Gasteiger partial charge in [-0.1, -0.05) is 23.2 Å². The molecule has 7 heteroatoms. The van der Waals surface area contributed by atoms with Gasteiger partial charge in [0.05, 0.1) is 10.0 Å². The first kappa shape index (κ1) is 17.5. The number of hydrogen-bond acceptors (Lipinski definition) is 4. The molecule has 2 rings (SSSR count). The van der Waals surface area contributed by atoms with E-state index in [-0.39, 0.29) is 17.1 Å². The third-order valence-electron chi connectivity index (χ3n) is 2.75. The van der Waals surface area contributed by atoms with Gasteiger partial charge >= 0.3 is 0 Å². The van der Waals surface area contributed by atoms with Gasteiger partial charge in [-0.2, -0.15) is 0 Å². The average Bonchev–Trinajstić information content (AvgIpc) is 2.40. The van der Waals surface area contributed by atoms with Crippen molar-refractivity contribution >= 4 is 40.7 Å². The maximum atomic E-state index is 12.4. The van der Waals surface area contributed by atoms with Crippen LogP contribution < -0.4 is 10.6 Å². The third-order valence-corrected chi connectivity index (χ3v) is 3.49. The fourth-order valence-corrected chi connectivity index (χ4v) is 2.14. The lowest BCUT2D eigenvalue weighted by atomic mass is 10.1. The van der Waals surface area contributed by atoms with Gasteiger partial charge in [0, 0.05) is 16.9 Å². The highest BCUT2D eigenvalue weighted by Gasteiger charge is 2.15. The van der Waals surface area contributed by atoms with E-state index >= 15 is 0 Å². The minimum atomic E-state index is -0.342. The molecule has 0 atom stereocenters. The second-order valence-corrected chi connectivity index (χ2v) is 6.99. The highest BCUT2D eigenvalue weighted by molar-refractivity contribution is 6.42. The average molecular weight is 353 g/mol. The number of carbonyl (C=O) groups is 1. The number of hydrogen-bond donors (Lipinski definition) is 2. The zero-order chi connectivity index (χ0) is 17.2. The summed E-state index contributed by atoms with van der Waals surface area (Å²) >= 11 is 11.8. The van der Waals surface area contributed by atoms with E-state index in [4.69, 9.17) is 23.2 Å². The van der Waals surface area contributed by atoms with E-state index in [1.54, 1.807) is 24.3 Å². The van der Waals surface area contributed by atoms with Gasteiger partial charge in [0.25, 0.3) is 5.91 Å². The van der Waals surface area contributed by atoms with E-state index in [2.05, 4.69) is 20.6 Å². The standard InChI is InChI=1S/C16H18Cl2N4O/c1-9-7-13(21-15(19-9)22-16(2,3)4)14(23)20-10-5-6-11(17)12(18)8-10/h5-8H,1-4H3,(H,20,23)(H,19,21,22). The molecule has 5 nitrogen and oxygen atoms in total. The Morgan fingerprint density at radius 1 is 1.09 bits per heavy atom. The number of amides is 1. The zero-order valence-electron chi connectivity index (χ0n) is 13.4. The fraction of sp³-hybridized carbons (Fsp3) is 0.312. The molecule has 1 heterocycles. The lowest BCUT2D eigenvalue weighted by molar-refractivity contribution is 0.102. The first-order chi connectivity index (χ1) is 10.6. The number of anilines is 2. The van der Waals surface area contributed by atoms with Crippen molar-refractivity contribution < 1.29 is 4.79 Å². The van der Waals surface area contributed by atoms with Crippen molar-refractivity contribution in [3.8, 4) is 0 Å². The molecule has 1 amide bonds. The quantitative estimate of drug-likeness (QED) is 0.849. The van der Waals surface area contributed by atoms with Crippen LogP contribution >= 0.6 is 23.2 Å². The fourth-order valence-electron chi connectivity index (χ4n) is 1.85. The molecule has 1 aromatic carbocycles. The maximum Gasteiger partial charge on any atom is 0.274 e. The molecule has 0 spiro atoms.